The van der Waals surface area contributed by atoms with Crippen LogP contribution in [0.4, 0.5) is 0 Å². The van der Waals surface area contributed by atoms with Gasteiger partial charge in [0.1, 0.15) is 28.7 Å². The molecule has 3 rings (SSSR count). The van der Waals surface area contributed by atoms with Gasteiger partial charge in [0, 0.05) is 0 Å². The number of imidazole rings is 1. The van der Waals surface area contributed by atoms with E-state index in [0.717, 1.165) is 5.52 Å². The van der Waals surface area contributed by atoms with Crippen molar-refractivity contribution in [2.24, 2.45) is 0 Å². The Bertz CT molecular complexity index is 912. The van der Waals surface area contributed by atoms with Crippen LogP contribution in [0, 0.1) is 11.3 Å². The van der Waals surface area contributed by atoms with Crippen molar-refractivity contribution >= 4 is 22.4 Å². The molecule has 2 aromatic carbocycles. The van der Waals surface area contributed by atoms with E-state index < -0.39 is 0 Å². The van der Waals surface area contributed by atoms with Crippen LogP contribution in [-0.4, -0.2) is 29.3 Å². The maximum atomic E-state index is 10.7. The Morgan fingerprint density at radius 3 is 2.33 bits per heavy atom. The molecular formula is C18H15N3O3. The number of hydrogen-bond donors (Lipinski definition) is 2. The van der Waals surface area contributed by atoms with Gasteiger partial charge in [0.25, 0.3) is 0 Å². The number of nitrogens with zero attached hydrogens (tertiary/aromatic N) is 2. The van der Waals surface area contributed by atoms with Gasteiger partial charge in [-0.3, -0.25) is 0 Å². The Labute approximate surface area is 138 Å². The van der Waals surface area contributed by atoms with Crippen molar-refractivity contribution in [3.8, 4) is 17.6 Å². The van der Waals surface area contributed by atoms with Gasteiger partial charge in [-0.15, -0.1) is 0 Å². The summed E-state index contributed by atoms with van der Waals surface area (Å²) < 4.78 is 10.6. The van der Waals surface area contributed by atoms with Crippen LogP contribution in [0.1, 0.15) is 11.4 Å². The minimum Gasteiger partial charge on any atom is -0.505 e. The summed E-state index contributed by atoms with van der Waals surface area (Å²) in [6.07, 6.45) is 0. The molecule has 0 radical (unpaired) electrons. The number of fused-ring (bicyclic) bond motifs is 1. The number of benzene rings is 2. The van der Waals surface area contributed by atoms with Crippen LogP contribution in [0.25, 0.3) is 22.4 Å². The first-order chi connectivity index (χ1) is 11.7. The van der Waals surface area contributed by atoms with Crippen molar-refractivity contribution in [1.82, 2.24) is 9.97 Å². The Morgan fingerprint density at radius 1 is 1.08 bits per heavy atom. The second kappa shape index (κ2) is 6.34. The number of allylic oxidation sites excluding steroid dienone is 1. The fourth-order valence-corrected chi connectivity index (χ4v) is 2.50. The van der Waals surface area contributed by atoms with Gasteiger partial charge < -0.3 is 19.6 Å². The zero-order valence-corrected chi connectivity index (χ0v) is 13.2. The summed E-state index contributed by atoms with van der Waals surface area (Å²) in [4.78, 5) is 7.40. The van der Waals surface area contributed by atoms with Crippen molar-refractivity contribution in [3.05, 3.63) is 53.9 Å². The van der Waals surface area contributed by atoms with Crippen molar-refractivity contribution in [2.45, 2.75) is 0 Å². The highest BCUT2D eigenvalue weighted by Gasteiger charge is 2.21. The molecule has 0 aliphatic heterocycles. The second-order valence-electron chi connectivity index (χ2n) is 4.98. The molecule has 0 saturated carbocycles. The molecule has 2 N–H and O–H groups in total. The summed E-state index contributed by atoms with van der Waals surface area (Å²) in [5.74, 6) is 0.821. The smallest absolute Gasteiger partial charge is 0.153 e. The van der Waals surface area contributed by atoms with E-state index in [-0.39, 0.29) is 17.2 Å². The highest BCUT2D eigenvalue weighted by molar-refractivity contribution is 5.96. The van der Waals surface area contributed by atoms with Crippen molar-refractivity contribution in [3.63, 3.8) is 0 Å². The number of nitriles is 1. The monoisotopic (exact) mass is 321 g/mol. The molecule has 24 heavy (non-hydrogen) atoms. The normalized spacial score (nSPS) is 11.7. The van der Waals surface area contributed by atoms with Gasteiger partial charge in [0.05, 0.1) is 25.3 Å². The third-order valence-electron chi connectivity index (χ3n) is 3.64. The van der Waals surface area contributed by atoms with Crippen LogP contribution < -0.4 is 9.47 Å². The third kappa shape index (κ3) is 2.52. The van der Waals surface area contributed by atoms with E-state index in [1.54, 1.807) is 18.2 Å². The lowest BCUT2D eigenvalue weighted by molar-refractivity contribution is 0.385. The predicted molar refractivity (Wildman–Crippen MR) is 90.7 cm³/mol. The Morgan fingerprint density at radius 2 is 1.75 bits per heavy atom. The molecule has 6 heteroatoms. The molecule has 120 valence electrons. The molecule has 0 spiro atoms. The number of H-pyrrole nitrogens is 1. The molecule has 0 fully saturated rings. The third-order valence-corrected chi connectivity index (χ3v) is 3.64. The number of ether oxygens (including phenoxy) is 2. The lowest BCUT2D eigenvalue weighted by atomic mass is 10.1. The van der Waals surface area contributed by atoms with Crippen LogP contribution in [0.5, 0.6) is 11.5 Å². The van der Waals surface area contributed by atoms with Crippen LogP contribution in [0.3, 0.4) is 0 Å². The van der Waals surface area contributed by atoms with E-state index >= 15 is 0 Å². The van der Waals surface area contributed by atoms with E-state index in [4.69, 9.17) is 9.47 Å². The van der Waals surface area contributed by atoms with Gasteiger partial charge in [-0.2, -0.15) is 5.26 Å². The first kappa shape index (κ1) is 15.4. The number of para-hydroxylation sites is 2. The van der Waals surface area contributed by atoms with Gasteiger partial charge in [0.15, 0.2) is 11.6 Å². The Kier molecular flexibility index (Phi) is 4.08. The van der Waals surface area contributed by atoms with Gasteiger partial charge in [-0.05, 0) is 24.3 Å². The molecule has 0 bridgehead atoms. The summed E-state index contributed by atoms with van der Waals surface area (Å²) in [6, 6.07) is 14.5. The number of rotatable bonds is 4. The first-order valence-corrected chi connectivity index (χ1v) is 7.19. The minimum atomic E-state index is -0.258. The average Bonchev–Trinajstić information content (AvgIpc) is 3.04. The van der Waals surface area contributed by atoms with Crippen LogP contribution in [0.15, 0.2) is 42.5 Å². The number of nitrogens with one attached hydrogen (secondary N) is 1. The molecule has 0 unspecified atom stereocenters. The summed E-state index contributed by atoms with van der Waals surface area (Å²) in [6.45, 7) is 0. The lowest BCUT2D eigenvalue weighted by Gasteiger charge is -2.13. The van der Waals surface area contributed by atoms with E-state index in [1.807, 2.05) is 30.3 Å². The van der Waals surface area contributed by atoms with Crippen molar-refractivity contribution < 1.29 is 14.6 Å². The highest BCUT2D eigenvalue weighted by Crippen LogP contribution is 2.36. The van der Waals surface area contributed by atoms with E-state index in [0.29, 0.717) is 22.6 Å². The number of aliphatic hydroxyl groups is 1. The average molecular weight is 321 g/mol. The Hall–Kier alpha value is -3.46. The van der Waals surface area contributed by atoms with E-state index in [2.05, 4.69) is 9.97 Å². The summed E-state index contributed by atoms with van der Waals surface area (Å²) >= 11 is 0. The number of hydrogen-bond acceptors (Lipinski definition) is 5. The topological polar surface area (TPSA) is 91.2 Å². The maximum absolute atomic E-state index is 10.7. The molecule has 0 aliphatic carbocycles. The lowest BCUT2D eigenvalue weighted by Crippen LogP contribution is -1.99. The molecule has 1 aromatic heterocycles. The second-order valence-corrected chi connectivity index (χ2v) is 4.98. The molecule has 6 nitrogen and oxygen atoms in total. The molecule has 0 aliphatic rings. The van der Waals surface area contributed by atoms with Gasteiger partial charge in [0.2, 0.25) is 0 Å². The number of aliphatic hydroxyl groups excluding tert-OH is 1. The molecule has 0 saturated heterocycles. The van der Waals surface area contributed by atoms with Crippen molar-refractivity contribution in [1.29, 1.82) is 5.26 Å². The zero-order chi connectivity index (χ0) is 17.1. The molecule has 0 amide bonds. The predicted octanol–water partition coefficient (Wildman–Crippen LogP) is 3.53. The number of methoxy groups -OCH3 is 2. The SMILES string of the molecule is COc1cccc(OC)c1C(O)=C(C#N)c1nc2ccccc2[nH]1. The fraction of sp³-hybridized carbons (Fsp3) is 0.111. The first-order valence-electron chi connectivity index (χ1n) is 7.19. The Balaban J connectivity index is 2.24. The van der Waals surface area contributed by atoms with Crippen LogP contribution >= 0.6 is 0 Å². The maximum Gasteiger partial charge on any atom is 0.153 e. The zero-order valence-electron chi connectivity index (χ0n) is 13.2. The quantitative estimate of drug-likeness (QED) is 0.566. The summed E-state index contributed by atoms with van der Waals surface area (Å²) in [5, 5.41) is 20.3. The number of aromatic amines is 1. The number of aromatic nitrogens is 2. The van der Waals surface area contributed by atoms with Gasteiger partial charge in [-0.1, -0.05) is 18.2 Å². The van der Waals surface area contributed by atoms with Crippen molar-refractivity contribution in [2.75, 3.05) is 14.2 Å². The fourth-order valence-electron chi connectivity index (χ4n) is 2.50. The van der Waals surface area contributed by atoms with Gasteiger partial charge in [-0.25, -0.2) is 4.98 Å². The molecule has 1 heterocycles. The summed E-state index contributed by atoms with van der Waals surface area (Å²) in [5.41, 5.74) is 1.80. The molecule has 0 atom stereocenters. The van der Waals surface area contributed by atoms with Crippen LogP contribution in [0.2, 0.25) is 0 Å². The summed E-state index contributed by atoms with van der Waals surface area (Å²) in [7, 11) is 2.97. The standard InChI is InChI=1S/C18H15N3O3/c1-23-14-8-5-9-15(24-2)16(14)17(22)11(10-19)18-20-12-6-3-4-7-13(12)21-18/h3-9,22H,1-2H3,(H,20,21). The molecular weight excluding hydrogens is 306 g/mol. The van der Waals surface area contributed by atoms with E-state index in [1.165, 1.54) is 14.2 Å². The van der Waals surface area contributed by atoms with Gasteiger partial charge >= 0.3 is 0 Å². The molecule has 3 aromatic rings. The minimum absolute atomic E-state index is 0.00833. The van der Waals surface area contributed by atoms with E-state index in [9.17, 15) is 10.4 Å². The largest absolute Gasteiger partial charge is 0.505 e. The highest BCUT2D eigenvalue weighted by atomic mass is 16.5. The van der Waals surface area contributed by atoms with Crippen LogP contribution in [-0.2, 0) is 0 Å².